The summed E-state index contributed by atoms with van der Waals surface area (Å²) in [5.41, 5.74) is 3.06. The number of fused-ring (bicyclic) bond motifs is 1. The van der Waals surface area contributed by atoms with E-state index < -0.39 is 9.84 Å². The molecule has 0 aliphatic carbocycles. The van der Waals surface area contributed by atoms with Crippen molar-refractivity contribution in [2.24, 2.45) is 0 Å². The number of sulfone groups is 1. The van der Waals surface area contributed by atoms with E-state index in [1.54, 1.807) is 4.90 Å². The van der Waals surface area contributed by atoms with Crippen LogP contribution in [0.2, 0.25) is 0 Å². The molecule has 5 nitrogen and oxygen atoms in total. The van der Waals surface area contributed by atoms with Gasteiger partial charge in [-0.15, -0.1) is 0 Å². The summed E-state index contributed by atoms with van der Waals surface area (Å²) in [4.78, 5) is 16.8. The lowest BCUT2D eigenvalue weighted by Gasteiger charge is -2.43. The fourth-order valence-electron chi connectivity index (χ4n) is 4.23. The summed E-state index contributed by atoms with van der Waals surface area (Å²) in [5, 5.41) is 0. The maximum Gasteiger partial charge on any atom is 0.241 e. The van der Waals surface area contributed by atoms with Crippen LogP contribution in [0.5, 0.6) is 0 Å². The van der Waals surface area contributed by atoms with Crippen LogP contribution in [0.1, 0.15) is 11.1 Å². The monoisotopic (exact) mass is 384 g/mol. The first-order valence-electron chi connectivity index (χ1n) is 9.30. The van der Waals surface area contributed by atoms with E-state index in [1.165, 1.54) is 5.56 Å². The smallest absolute Gasteiger partial charge is 0.241 e. The van der Waals surface area contributed by atoms with Gasteiger partial charge >= 0.3 is 0 Å². The molecule has 6 heteroatoms. The first-order chi connectivity index (χ1) is 12.9. The number of piperazine rings is 1. The van der Waals surface area contributed by atoms with Gasteiger partial charge in [-0.05, 0) is 36.6 Å². The number of carbonyl (C=O) groups is 1. The molecule has 2 saturated heterocycles. The van der Waals surface area contributed by atoms with Gasteiger partial charge in [-0.1, -0.05) is 42.5 Å². The summed E-state index contributed by atoms with van der Waals surface area (Å²) in [6.45, 7) is 2.93. The molecule has 2 unspecified atom stereocenters. The molecule has 0 saturated carbocycles. The molecular formula is C21H24N2O3S. The highest BCUT2D eigenvalue weighted by atomic mass is 32.2. The van der Waals surface area contributed by atoms with Gasteiger partial charge in [-0.25, -0.2) is 8.42 Å². The summed E-state index contributed by atoms with van der Waals surface area (Å²) < 4.78 is 24.8. The number of rotatable bonds is 4. The molecule has 2 aliphatic rings. The van der Waals surface area contributed by atoms with E-state index in [-0.39, 0.29) is 36.0 Å². The molecule has 0 radical (unpaired) electrons. The van der Waals surface area contributed by atoms with E-state index in [4.69, 9.17) is 0 Å². The first kappa shape index (κ1) is 18.2. The topological polar surface area (TPSA) is 57.7 Å². The van der Waals surface area contributed by atoms with Crippen molar-refractivity contribution in [1.82, 2.24) is 4.90 Å². The predicted molar refractivity (Wildman–Crippen MR) is 107 cm³/mol. The summed E-state index contributed by atoms with van der Waals surface area (Å²) in [7, 11) is -3.15. The second-order valence-electron chi connectivity index (χ2n) is 7.52. The van der Waals surface area contributed by atoms with Crippen LogP contribution in [0.25, 0.3) is 0 Å². The number of nitrogens with zero attached hydrogens (tertiary/aromatic N) is 2. The molecule has 2 heterocycles. The lowest BCUT2D eigenvalue weighted by molar-refractivity contribution is -0.123. The molecule has 2 aromatic rings. The van der Waals surface area contributed by atoms with Crippen molar-refractivity contribution in [3.05, 3.63) is 65.7 Å². The Morgan fingerprint density at radius 3 is 2.48 bits per heavy atom. The Hall–Kier alpha value is -2.18. The minimum absolute atomic E-state index is 0.0213. The highest BCUT2D eigenvalue weighted by molar-refractivity contribution is 7.91. The molecule has 4 rings (SSSR count). The maximum absolute atomic E-state index is 13.0. The molecule has 2 aromatic carbocycles. The van der Waals surface area contributed by atoms with Gasteiger partial charge in [0.2, 0.25) is 5.91 Å². The second kappa shape index (κ2) is 7.09. The van der Waals surface area contributed by atoms with E-state index in [9.17, 15) is 13.2 Å². The van der Waals surface area contributed by atoms with Crippen LogP contribution in [0.15, 0.2) is 54.6 Å². The number of hydrogen-bond donors (Lipinski definition) is 0. The quantitative estimate of drug-likeness (QED) is 0.810. The molecular weight excluding hydrogens is 360 g/mol. The standard InChI is InChI=1S/C21H24N2O3S/c1-16-6-5-9-18(12-16)23-20-15-27(25,26)14-19(20)22(13-21(23)24)11-10-17-7-3-2-4-8-17/h2-9,12,19-20H,10-11,13-15H2,1H3. The van der Waals surface area contributed by atoms with E-state index in [0.29, 0.717) is 6.54 Å². The average Bonchev–Trinajstić information content (AvgIpc) is 2.95. The zero-order valence-corrected chi connectivity index (χ0v) is 16.2. The van der Waals surface area contributed by atoms with Crippen molar-refractivity contribution in [1.29, 1.82) is 0 Å². The molecule has 2 atom stereocenters. The summed E-state index contributed by atoms with van der Waals surface area (Å²) in [6, 6.07) is 17.4. The number of carbonyl (C=O) groups excluding carboxylic acids is 1. The Morgan fingerprint density at radius 1 is 1.00 bits per heavy atom. The zero-order valence-electron chi connectivity index (χ0n) is 15.4. The molecule has 0 spiro atoms. The van der Waals surface area contributed by atoms with Crippen molar-refractivity contribution >= 4 is 21.4 Å². The van der Waals surface area contributed by atoms with Crippen molar-refractivity contribution in [2.75, 3.05) is 29.5 Å². The normalized spacial score (nSPS) is 24.8. The highest BCUT2D eigenvalue weighted by Gasteiger charge is 2.49. The summed E-state index contributed by atoms with van der Waals surface area (Å²) >= 11 is 0. The lowest BCUT2D eigenvalue weighted by Crippen LogP contribution is -2.62. The number of anilines is 1. The van der Waals surface area contributed by atoms with E-state index in [0.717, 1.165) is 17.7 Å². The number of amides is 1. The number of hydrogen-bond acceptors (Lipinski definition) is 4. The molecule has 2 fully saturated rings. The molecule has 2 aliphatic heterocycles. The van der Waals surface area contributed by atoms with E-state index >= 15 is 0 Å². The van der Waals surface area contributed by atoms with Gasteiger partial charge in [0.25, 0.3) is 0 Å². The molecule has 0 N–H and O–H groups in total. The third-order valence-corrected chi connectivity index (χ3v) is 7.21. The van der Waals surface area contributed by atoms with Crippen LogP contribution in [-0.2, 0) is 21.1 Å². The van der Waals surface area contributed by atoms with Gasteiger partial charge in [-0.2, -0.15) is 0 Å². The Kier molecular flexibility index (Phi) is 4.78. The maximum atomic E-state index is 13.0. The summed E-state index contributed by atoms with van der Waals surface area (Å²) in [6.07, 6.45) is 0.807. The van der Waals surface area contributed by atoms with Crippen LogP contribution in [0.4, 0.5) is 5.69 Å². The van der Waals surface area contributed by atoms with Crippen LogP contribution in [0, 0.1) is 6.92 Å². The molecule has 142 valence electrons. The fraction of sp³-hybridized carbons (Fsp3) is 0.381. The Balaban J connectivity index is 1.60. The lowest BCUT2D eigenvalue weighted by atomic mass is 10.0. The number of aryl methyl sites for hydroxylation is 1. The van der Waals surface area contributed by atoms with Crippen LogP contribution in [-0.4, -0.2) is 55.9 Å². The second-order valence-corrected chi connectivity index (χ2v) is 9.67. The fourth-order valence-corrected chi connectivity index (χ4v) is 6.21. The van der Waals surface area contributed by atoms with Crippen molar-refractivity contribution in [2.45, 2.75) is 25.4 Å². The third kappa shape index (κ3) is 3.77. The minimum Gasteiger partial charge on any atom is -0.306 e. The van der Waals surface area contributed by atoms with Crippen molar-refractivity contribution in [3.8, 4) is 0 Å². The van der Waals surface area contributed by atoms with Crippen LogP contribution in [0.3, 0.4) is 0 Å². The summed E-state index contributed by atoms with van der Waals surface area (Å²) in [5.74, 6) is 0.147. The van der Waals surface area contributed by atoms with Gasteiger partial charge in [-0.3, -0.25) is 9.69 Å². The molecule has 1 amide bonds. The van der Waals surface area contributed by atoms with Gasteiger partial charge < -0.3 is 4.90 Å². The van der Waals surface area contributed by atoms with Crippen LogP contribution < -0.4 is 4.90 Å². The Morgan fingerprint density at radius 2 is 1.74 bits per heavy atom. The molecule has 0 aromatic heterocycles. The first-order valence-corrected chi connectivity index (χ1v) is 11.1. The van der Waals surface area contributed by atoms with E-state index in [1.807, 2.05) is 49.4 Å². The SMILES string of the molecule is Cc1cccc(N2C(=O)CN(CCc3ccccc3)C3CS(=O)(=O)CC32)c1. The Labute approximate surface area is 160 Å². The van der Waals surface area contributed by atoms with Gasteiger partial charge in [0, 0.05) is 18.3 Å². The minimum atomic E-state index is -3.15. The van der Waals surface area contributed by atoms with Gasteiger partial charge in [0.05, 0.1) is 24.1 Å². The third-order valence-electron chi connectivity index (χ3n) is 5.51. The molecule has 0 bridgehead atoms. The number of benzene rings is 2. The van der Waals surface area contributed by atoms with Crippen molar-refractivity contribution in [3.63, 3.8) is 0 Å². The Bertz CT molecular complexity index is 943. The predicted octanol–water partition coefficient (Wildman–Crippen LogP) is 2.05. The molecule has 27 heavy (non-hydrogen) atoms. The largest absolute Gasteiger partial charge is 0.306 e. The highest BCUT2D eigenvalue weighted by Crippen LogP contribution is 2.32. The van der Waals surface area contributed by atoms with Crippen LogP contribution >= 0.6 is 0 Å². The average molecular weight is 385 g/mol. The van der Waals surface area contributed by atoms with Gasteiger partial charge in [0.1, 0.15) is 0 Å². The van der Waals surface area contributed by atoms with Crippen molar-refractivity contribution < 1.29 is 13.2 Å². The zero-order chi connectivity index (χ0) is 19.0. The van der Waals surface area contributed by atoms with Gasteiger partial charge in [0.15, 0.2) is 9.84 Å². The van der Waals surface area contributed by atoms with E-state index in [2.05, 4.69) is 17.0 Å².